The highest BCUT2D eigenvalue weighted by atomic mass is 35.5. The summed E-state index contributed by atoms with van der Waals surface area (Å²) in [5.74, 6) is -0.152. The quantitative estimate of drug-likeness (QED) is 0.867. The van der Waals surface area contributed by atoms with Gasteiger partial charge in [0.05, 0.1) is 15.8 Å². The van der Waals surface area contributed by atoms with Gasteiger partial charge >= 0.3 is 0 Å². The highest BCUT2D eigenvalue weighted by Crippen LogP contribution is 2.21. The van der Waals surface area contributed by atoms with Crippen LogP contribution in [0.2, 0.25) is 4.34 Å². The topological polar surface area (TPSA) is 47.6 Å². The van der Waals surface area contributed by atoms with Crippen LogP contribution in [0.1, 0.15) is 16.6 Å². The predicted octanol–water partition coefficient (Wildman–Crippen LogP) is 2.18. The number of amides is 1. The molecule has 1 heterocycles. The van der Waals surface area contributed by atoms with Crippen LogP contribution >= 0.6 is 22.9 Å². The average molecular weight is 278 g/mol. The van der Waals surface area contributed by atoms with Crippen molar-refractivity contribution in [1.29, 1.82) is 0 Å². The highest BCUT2D eigenvalue weighted by Gasteiger charge is 2.24. The molecule has 1 N–H and O–H groups in total. The van der Waals surface area contributed by atoms with Crippen LogP contribution in [0.5, 0.6) is 0 Å². The van der Waals surface area contributed by atoms with Crippen molar-refractivity contribution in [2.24, 2.45) is 0 Å². The number of ether oxygens (including phenoxy) is 2. The number of thiophene rings is 1. The van der Waals surface area contributed by atoms with Crippen LogP contribution in [-0.4, -0.2) is 38.9 Å². The van der Waals surface area contributed by atoms with Crippen LogP contribution in [-0.2, 0) is 9.47 Å². The molecule has 1 aromatic rings. The van der Waals surface area contributed by atoms with Gasteiger partial charge in [-0.3, -0.25) is 4.79 Å². The van der Waals surface area contributed by atoms with Crippen LogP contribution in [0.4, 0.5) is 0 Å². The lowest BCUT2D eigenvalue weighted by atomic mass is 10.1. The first-order valence-corrected chi connectivity index (χ1v) is 6.28. The molecule has 1 amide bonds. The molecule has 4 nitrogen and oxygen atoms in total. The van der Waals surface area contributed by atoms with Gasteiger partial charge < -0.3 is 14.8 Å². The number of nitrogens with one attached hydrogen (secondary N) is 1. The zero-order valence-corrected chi connectivity index (χ0v) is 11.7. The first kappa shape index (κ1) is 14.4. The van der Waals surface area contributed by atoms with E-state index in [0.29, 0.717) is 22.4 Å². The number of carbonyl (C=O) groups is 1. The molecule has 0 aliphatic heterocycles. The van der Waals surface area contributed by atoms with Gasteiger partial charge in [0, 0.05) is 20.8 Å². The van der Waals surface area contributed by atoms with E-state index in [4.69, 9.17) is 21.1 Å². The third kappa shape index (κ3) is 4.27. The molecule has 0 aliphatic rings. The summed E-state index contributed by atoms with van der Waals surface area (Å²) in [6.07, 6.45) is 0. The van der Waals surface area contributed by atoms with Gasteiger partial charge in [-0.05, 0) is 19.1 Å². The Hall–Kier alpha value is -0.620. The van der Waals surface area contributed by atoms with Crippen molar-refractivity contribution >= 4 is 28.8 Å². The third-order valence-corrected chi connectivity index (χ3v) is 3.59. The standard InChI is InChI=1S/C11H16ClNO3S/c1-11(16-3,7-15-2)6-13-10(14)8-4-5-9(12)17-8/h4-5H,6-7H2,1-3H3,(H,13,14)/t11-/m1/s1. The molecule has 0 unspecified atom stereocenters. The van der Waals surface area contributed by atoms with Gasteiger partial charge in [-0.1, -0.05) is 11.6 Å². The molecule has 0 spiro atoms. The predicted molar refractivity (Wildman–Crippen MR) is 69.0 cm³/mol. The van der Waals surface area contributed by atoms with Crippen molar-refractivity contribution in [1.82, 2.24) is 5.32 Å². The van der Waals surface area contributed by atoms with E-state index in [0.717, 1.165) is 0 Å². The van der Waals surface area contributed by atoms with E-state index < -0.39 is 5.60 Å². The number of carbonyl (C=O) groups excluding carboxylic acids is 1. The summed E-state index contributed by atoms with van der Waals surface area (Å²) in [6, 6.07) is 3.40. The van der Waals surface area contributed by atoms with E-state index in [-0.39, 0.29) is 5.91 Å². The molecule has 0 aromatic carbocycles. The minimum absolute atomic E-state index is 0.152. The summed E-state index contributed by atoms with van der Waals surface area (Å²) < 4.78 is 11.0. The zero-order chi connectivity index (χ0) is 12.9. The van der Waals surface area contributed by atoms with Gasteiger partial charge in [-0.2, -0.15) is 0 Å². The SMILES string of the molecule is COC[C@@](C)(CNC(=O)c1ccc(Cl)s1)OC. The molecule has 0 radical (unpaired) electrons. The molecule has 17 heavy (non-hydrogen) atoms. The van der Waals surface area contributed by atoms with Gasteiger partial charge in [-0.25, -0.2) is 0 Å². The molecule has 0 fully saturated rings. The zero-order valence-electron chi connectivity index (χ0n) is 10.1. The molecule has 0 saturated heterocycles. The van der Waals surface area contributed by atoms with Crippen molar-refractivity contribution in [3.63, 3.8) is 0 Å². The second-order valence-electron chi connectivity index (χ2n) is 3.87. The monoisotopic (exact) mass is 277 g/mol. The first-order chi connectivity index (χ1) is 8.00. The van der Waals surface area contributed by atoms with Crippen LogP contribution < -0.4 is 5.32 Å². The molecule has 0 bridgehead atoms. The Kier molecular flexibility index (Phi) is 5.39. The van der Waals surface area contributed by atoms with Crippen LogP contribution in [0.15, 0.2) is 12.1 Å². The van der Waals surface area contributed by atoms with E-state index >= 15 is 0 Å². The van der Waals surface area contributed by atoms with Crippen molar-refractivity contribution < 1.29 is 14.3 Å². The van der Waals surface area contributed by atoms with E-state index in [1.165, 1.54) is 11.3 Å². The Morgan fingerprint density at radius 3 is 2.71 bits per heavy atom. The van der Waals surface area contributed by atoms with E-state index in [1.54, 1.807) is 26.4 Å². The summed E-state index contributed by atoms with van der Waals surface area (Å²) in [6.45, 7) is 2.67. The van der Waals surface area contributed by atoms with Crippen LogP contribution in [0, 0.1) is 0 Å². The maximum absolute atomic E-state index is 11.8. The normalized spacial score (nSPS) is 14.4. The minimum atomic E-state index is -0.522. The van der Waals surface area contributed by atoms with Gasteiger partial charge in [0.1, 0.15) is 5.60 Å². The van der Waals surface area contributed by atoms with Gasteiger partial charge in [0.2, 0.25) is 0 Å². The Balaban J connectivity index is 2.52. The van der Waals surface area contributed by atoms with Gasteiger partial charge in [-0.15, -0.1) is 11.3 Å². The number of methoxy groups -OCH3 is 2. The molecule has 96 valence electrons. The second kappa shape index (κ2) is 6.35. The lowest BCUT2D eigenvalue weighted by Crippen LogP contribution is -2.45. The fourth-order valence-electron chi connectivity index (χ4n) is 1.28. The van der Waals surface area contributed by atoms with Crippen molar-refractivity contribution in [3.05, 3.63) is 21.3 Å². The Morgan fingerprint density at radius 2 is 2.24 bits per heavy atom. The number of halogens is 1. The highest BCUT2D eigenvalue weighted by molar-refractivity contribution is 7.17. The van der Waals surface area contributed by atoms with E-state index in [1.807, 2.05) is 6.92 Å². The van der Waals surface area contributed by atoms with Crippen molar-refractivity contribution in [2.75, 3.05) is 27.4 Å². The Bertz CT molecular complexity index is 383. The molecular weight excluding hydrogens is 262 g/mol. The lowest BCUT2D eigenvalue weighted by molar-refractivity contribution is -0.0479. The number of rotatable bonds is 6. The first-order valence-electron chi connectivity index (χ1n) is 5.08. The van der Waals surface area contributed by atoms with Crippen LogP contribution in [0.3, 0.4) is 0 Å². The largest absolute Gasteiger partial charge is 0.382 e. The molecule has 1 atom stereocenters. The number of hydrogen-bond acceptors (Lipinski definition) is 4. The van der Waals surface area contributed by atoms with Crippen LogP contribution in [0.25, 0.3) is 0 Å². The molecule has 1 rings (SSSR count). The van der Waals surface area contributed by atoms with Crippen molar-refractivity contribution in [2.45, 2.75) is 12.5 Å². The summed E-state index contributed by atoms with van der Waals surface area (Å²) >= 11 is 7.01. The van der Waals surface area contributed by atoms with Gasteiger partial charge in [0.25, 0.3) is 5.91 Å². The third-order valence-electron chi connectivity index (χ3n) is 2.36. The van der Waals surface area contributed by atoms with E-state index in [2.05, 4.69) is 5.32 Å². The summed E-state index contributed by atoms with van der Waals surface area (Å²) in [5, 5.41) is 2.80. The Morgan fingerprint density at radius 1 is 1.53 bits per heavy atom. The summed E-state index contributed by atoms with van der Waals surface area (Å²) in [7, 11) is 3.19. The van der Waals surface area contributed by atoms with Crippen molar-refractivity contribution in [3.8, 4) is 0 Å². The molecular formula is C11H16ClNO3S. The average Bonchev–Trinajstić information content (AvgIpc) is 2.73. The smallest absolute Gasteiger partial charge is 0.261 e. The summed E-state index contributed by atoms with van der Waals surface area (Å²) in [4.78, 5) is 12.4. The Labute approximate surface area is 110 Å². The van der Waals surface area contributed by atoms with Gasteiger partial charge in [0.15, 0.2) is 0 Å². The lowest BCUT2D eigenvalue weighted by Gasteiger charge is -2.27. The summed E-state index contributed by atoms with van der Waals surface area (Å²) in [5.41, 5.74) is -0.522. The fraction of sp³-hybridized carbons (Fsp3) is 0.545. The molecule has 0 saturated carbocycles. The molecule has 0 aliphatic carbocycles. The van der Waals surface area contributed by atoms with E-state index in [9.17, 15) is 4.79 Å². The maximum Gasteiger partial charge on any atom is 0.261 e. The second-order valence-corrected chi connectivity index (χ2v) is 5.59. The molecule has 1 aromatic heterocycles. The minimum Gasteiger partial charge on any atom is -0.382 e. The molecule has 6 heteroatoms. The fourth-order valence-corrected chi connectivity index (χ4v) is 2.24. The maximum atomic E-state index is 11.8. The number of hydrogen-bond donors (Lipinski definition) is 1.